The van der Waals surface area contributed by atoms with Crippen LogP contribution in [0.25, 0.3) is 0 Å². The molecule has 0 radical (unpaired) electrons. The molecular weight excluding hydrogens is 136 g/mol. The molecule has 0 aliphatic rings. The van der Waals surface area contributed by atoms with E-state index in [4.69, 9.17) is 4.74 Å². The normalized spacial score (nSPS) is 8.62. The summed E-state index contributed by atoms with van der Waals surface area (Å²) in [6, 6.07) is 0. The van der Waals surface area contributed by atoms with Crippen LogP contribution in [0.2, 0.25) is 0 Å². The maximum atomic E-state index is 4.89. The minimum atomic E-state index is 0. The SMILES string of the molecule is [CH2-]C=COCCC.[Ti]. The molecule has 2 heteroatoms. The van der Waals surface area contributed by atoms with E-state index in [1.54, 1.807) is 12.3 Å². The van der Waals surface area contributed by atoms with Gasteiger partial charge in [-0.25, -0.2) is 6.92 Å². The van der Waals surface area contributed by atoms with Gasteiger partial charge in [0.15, 0.2) is 0 Å². The molecule has 0 saturated heterocycles. The Bertz CT molecular complexity index is 52.5. The minimum absolute atomic E-state index is 0. The van der Waals surface area contributed by atoms with E-state index in [2.05, 4.69) is 13.8 Å². The largest absolute Gasteiger partial charge is 0.586 e. The smallest absolute Gasteiger partial charge is 0.0633 e. The van der Waals surface area contributed by atoms with Crippen LogP contribution in [0.15, 0.2) is 12.3 Å². The van der Waals surface area contributed by atoms with Crippen LogP contribution in [0.5, 0.6) is 0 Å². The van der Waals surface area contributed by atoms with Crippen LogP contribution in [-0.2, 0) is 26.5 Å². The van der Waals surface area contributed by atoms with Gasteiger partial charge < -0.3 is 4.74 Å². The first kappa shape index (κ1) is 11.0. The van der Waals surface area contributed by atoms with E-state index < -0.39 is 0 Å². The van der Waals surface area contributed by atoms with E-state index in [0.717, 1.165) is 13.0 Å². The van der Waals surface area contributed by atoms with E-state index in [9.17, 15) is 0 Å². The Morgan fingerprint density at radius 3 is 2.62 bits per heavy atom. The van der Waals surface area contributed by atoms with Gasteiger partial charge in [-0.3, -0.25) is 0 Å². The molecule has 0 bridgehead atoms. The van der Waals surface area contributed by atoms with Crippen molar-refractivity contribution in [3.63, 3.8) is 0 Å². The molecule has 46 valence electrons. The molecule has 0 aliphatic heterocycles. The molecule has 0 aromatic carbocycles. The Morgan fingerprint density at radius 2 is 2.25 bits per heavy atom. The molecule has 0 rings (SSSR count). The van der Waals surface area contributed by atoms with Crippen LogP contribution < -0.4 is 0 Å². The molecule has 0 spiro atoms. The summed E-state index contributed by atoms with van der Waals surface area (Å²) in [7, 11) is 0. The third-order valence-corrected chi connectivity index (χ3v) is 0.514. The number of hydrogen-bond donors (Lipinski definition) is 0. The van der Waals surface area contributed by atoms with Gasteiger partial charge in [-0.1, -0.05) is 13.2 Å². The van der Waals surface area contributed by atoms with Gasteiger partial charge in [0.05, 0.1) is 6.61 Å². The summed E-state index contributed by atoms with van der Waals surface area (Å²) in [6.45, 7) is 6.32. The van der Waals surface area contributed by atoms with Gasteiger partial charge >= 0.3 is 0 Å². The zero-order valence-corrected chi connectivity index (χ0v) is 6.75. The van der Waals surface area contributed by atoms with Crippen molar-refractivity contribution in [2.24, 2.45) is 0 Å². The van der Waals surface area contributed by atoms with Crippen LogP contribution in [0.3, 0.4) is 0 Å². The third kappa shape index (κ3) is 9.45. The Morgan fingerprint density at radius 1 is 1.62 bits per heavy atom. The van der Waals surface area contributed by atoms with E-state index in [0.29, 0.717) is 0 Å². The molecule has 0 heterocycles. The summed E-state index contributed by atoms with van der Waals surface area (Å²) < 4.78 is 4.89. The van der Waals surface area contributed by atoms with Gasteiger partial charge in [0.2, 0.25) is 0 Å². The summed E-state index contributed by atoms with van der Waals surface area (Å²) in [5.74, 6) is 0. The maximum Gasteiger partial charge on any atom is 0.0633 e. The number of ether oxygens (including phenoxy) is 1. The first-order valence-corrected chi connectivity index (χ1v) is 2.47. The third-order valence-electron chi connectivity index (χ3n) is 0.514. The fourth-order valence-corrected chi connectivity index (χ4v) is 0.254. The van der Waals surface area contributed by atoms with Crippen molar-refractivity contribution in [2.45, 2.75) is 13.3 Å². The molecule has 0 aromatic rings. The van der Waals surface area contributed by atoms with Crippen LogP contribution in [-0.4, -0.2) is 6.61 Å². The summed E-state index contributed by atoms with van der Waals surface area (Å²) >= 11 is 0. The average Bonchev–Trinajstić information content (AvgIpc) is 1.69. The molecule has 8 heavy (non-hydrogen) atoms. The van der Waals surface area contributed by atoms with Gasteiger partial charge in [-0.15, -0.1) is 0 Å². The molecule has 0 unspecified atom stereocenters. The van der Waals surface area contributed by atoms with Crippen molar-refractivity contribution >= 4 is 0 Å². The van der Waals surface area contributed by atoms with Crippen LogP contribution >= 0.6 is 0 Å². The van der Waals surface area contributed by atoms with Gasteiger partial charge in [0.25, 0.3) is 0 Å². The van der Waals surface area contributed by atoms with Crippen LogP contribution in [0.1, 0.15) is 13.3 Å². The molecule has 0 aliphatic carbocycles. The fourth-order valence-electron chi connectivity index (χ4n) is 0.254. The maximum absolute atomic E-state index is 4.89. The first-order valence-electron chi connectivity index (χ1n) is 2.47. The van der Waals surface area contributed by atoms with E-state index in [1.165, 1.54) is 0 Å². The van der Waals surface area contributed by atoms with E-state index >= 15 is 0 Å². The Hall–Kier alpha value is 0.124. The summed E-state index contributed by atoms with van der Waals surface area (Å²) in [6.07, 6.45) is 4.30. The summed E-state index contributed by atoms with van der Waals surface area (Å²) in [4.78, 5) is 0. The van der Waals surface area contributed by atoms with E-state index in [1.807, 2.05) is 0 Å². The molecule has 0 N–H and O–H groups in total. The zero-order chi connectivity index (χ0) is 5.54. The van der Waals surface area contributed by atoms with Crippen molar-refractivity contribution < 1.29 is 26.5 Å². The van der Waals surface area contributed by atoms with Crippen molar-refractivity contribution in [3.05, 3.63) is 19.3 Å². The van der Waals surface area contributed by atoms with Crippen LogP contribution in [0.4, 0.5) is 0 Å². The number of hydrogen-bond acceptors (Lipinski definition) is 1. The molecule has 1 nitrogen and oxygen atoms in total. The summed E-state index contributed by atoms with van der Waals surface area (Å²) in [5, 5.41) is 0. The Balaban J connectivity index is 0. The molecule has 0 aromatic heterocycles. The van der Waals surface area contributed by atoms with Crippen molar-refractivity contribution in [1.29, 1.82) is 0 Å². The van der Waals surface area contributed by atoms with Crippen molar-refractivity contribution in [1.82, 2.24) is 0 Å². The summed E-state index contributed by atoms with van der Waals surface area (Å²) in [5.41, 5.74) is 0. The predicted molar refractivity (Wildman–Crippen MR) is 30.7 cm³/mol. The monoisotopic (exact) mass is 147 g/mol. The topological polar surface area (TPSA) is 9.23 Å². The van der Waals surface area contributed by atoms with Gasteiger partial charge in [-0.2, -0.15) is 6.08 Å². The van der Waals surface area contributed by atoms with Gasteiger partial charge in [0, 0.05) is 21.7 Å². The zero-order valence-electron chi connectivity index (χ0n) is 5.18. The first-order chi connectivity index (χ1) is 3.41. The standard InChI is InChI=1S/C6H11O.Ti/c1-3-5-7-6-4-2;/h3,5H,1,4,6H2,2H3;/q-1;. The number of rotatable bonds is 3. The van der Waals surface area contributed by atoms with Gasteiger partial charge in [0.1, 0.15) is 0 Å². The quantitative estimate of drug-likeness (QED) is 0.256. The second kappa shape index (κ2) is 10.2. The fraction of sp³-hybridized carbons (Fsp3) is 0.500. The number of allylic oxidation sites excluding steroid dienone is 1. The van der Waals surface area contributed by atoms with Crippen LogP contribution in [0, 0.1) is 6.92 Å². The second-order valence-corrected chi connectivity index (χ2v) is 1.24. The predicted octanol–water partition coefficient (Wildman–Crippen LogP) is 1.76. The molecule has 0 amide bonds. The molecule has 0 fully saturated rings. The Labute approximate surface area is 66.0 Å². The van der Waals surface area contributed by atoms with Crippen molar-refractivity contribution in [2.75, 3.05) is 6.61 Å². The molecule has 0 saturated carbocycles. The van der Waals surface area contributed by atoms with E-state index in [-0.39, 0.29) is 21.7 Å². The van der Waals surface area contributed by atoms with Gasteiger partial charge in [-0.05, 0) is 6.42 Å². The minimum Gasteiger partial charge on any atom is -0.586 e. The van der Waals surface area contributed by atoms with Crippen molar-refractivity contribution in [3.8, 4) is 0 Å². The average molecular weight is 147 g/mol. The second-order valence-electron chi connectivity index (χ2n) is 1.24. The molecule has 0 atom stereocenters. The molecular formula is C6H11OTi-. The Kier molecular flexibility index (Phi) is 14.0.